The SMILES string of the molecule is Cc1cc(C)n(-c2ccc(=O)n(CC3CN(Cc4nnc(C5CC5)s4)C3)n2)n1. The molecule has 2 aliphatic rings. The van der Waals surface area contributed by atoms with Gasteiger partial charge < -0.3 is 0 Å². The van der Waals surface area contributed by atoms with Crippen LogP contribution in [0.2, 0.25) is 0 Å². The first-order chi connectivity index (χ1) is 13.5. The molecule has 4 heterocycles. The van der Waals surface area contributed by atoms with Crippen LogP contribution in [0.25, 0.3) is 5.82 Å². The highest BCUT2D eigenvalue weighted by Crippen LogP contribution is 2.41. The van der Waals surface area contributed by atoms with Gasteiger partial charge in [-0.3, -0.25) is 9.69 Å². The highest BCUT2D eigenvalue weighted by Gasteiger charge is 2.30. The highest BCUT2D eigenvalue weighted by atomic mass is 32.1. The minimum atomic E-state index is -0.0677. The van der Waals surface area contributed by atoms with E-state index in [4.69, 9.17) is 0 Å². The Morgan fingerprint density at radius 2 is 1.96 bits per heavy atom. The first kappa shape index (κ1) is 17.7. The molecule has 0 unspecified atom stereocenters. The molecule has 146 valence electrons. The van der Waals surface area contributed by atoms with Gasteiger partial charge in [0, 0.05) is 36.7 Å². The van der Waals surface area contributed by atoms with Gasteiger partial charge in [0.25, 0.3) is 5.56 Å². The zero-order valence-corrected chi connectivity index (χ0v) is 16.9. The van der Waals surface area contributed by atoms with Crippen LogP contribution >= 0.6 is 11.3 Å². The number of likely N-dealkylation sites (tertiary alicyclic amines) is 1. The van der Waals surface area contributed by atoms with Gasteiger partial charge in [0.2, 0.25) is 0 Å². The normalized spacial score (nSPS) is 17.8. The smallest absolute Gasteiger partial charge is 0.266 e. The molecule has 1 saturated heterocycles. The number of rotatable bonds is 6. The molecule has 28 heavy (non-hydrogen) atoms. The van der Waals surface area contributed by atoms with E-state index in [0.717, 1.165) is 36.0 Å². The molecule has 0 atom stereocenters. The summed E-state index contributed by atoms with van der Waals surface area (Å²) in [5.41, 5.74) is 1.88. The summed E-state index contributed by atoms with van der Waals surface area (Å²) in [4.78, 5) is 14.6. The fraction of sp³-hybridized carbons (Fsp3) is 0.526. The summed E-state index contributed by atoms with van der Waals surface area (Å²) >= 11 is 1.75. The van der Waals surface area contributed by atoms with Crippen molar-refractivity contribution in [2.75, 3.05) is 13.1 Å². The Bertz CT molecular complexity index is 1060. The molecule has 1 aliphatic carbocycles. The molecule has 3 aromatic rings. The molecule has 0 radical (unpaired) electrons. The summed E-state index contributed by atoms with van der Waals surface area (Å²) in [6.07, 6.45) is 2.53. The third-order valence-electron chi connectivity index (χ3n) is 5.31. The van der Waals surface area contributed by atoms with E-state index in [1.807, 2.05) is 19.9 Å². The van der Waals surface area contributed by atoms with Crippen LogP contribution in [0.4, 0.5) is 0 Å². The number of aryl methyl sites for hydroxylation is 2. The molecule has 1 saturated carbocycles. The van der Waals surface area contributed by atoms with Gasteiger partial charge in [0.1, 0.15) is 10.0 Å². The van der Waals surface area contributed by atoms with E-state index in [-0.39, 0.29) is 5.56 Å². The van der Waals surface area contributed by atoms with Crippen molar-refractivity contribution in [1.29, 1.82) is 0 Å². The van der Waals surface area contributed by atoms with Gasteiger partial charge in [0.05, 0.1) is 18.8 Å². The number of hydrogen-bond donors (Lipinski definition) is 0. The second-order valence-corrected chi connectivity index (χ2v) is 9.01. The van der Waals surface area contributed by atoms with Gasteiger partial charge in [-0.05, 0) is 38.8 Å². The number of hydrogen-bond acceptors (Lipinski definition) is 7. The third kappa shape index (κ3) is 3.51. The Morgan fingerprint density at radius 1 is 1.14 bits per heavy atom. The van der Waals surface area contributed by atoms with E-state index in [2.05, 4.69) is 25.3 Å². The zero-order chi connectivity index (χ0) is 19.3. The highest BCUT2D eigenvalue weighted by molar-refractivity contribution is 7.11. The molecule has 1 aliphatic heterocycles. The molecule has 9 heteroatoms. The van der Waals surface area contributed by atoms with Crippen molar-refractivity contribution < 1.29 is 0 Å². The monoisotopic (exact) mass is 397 g/mol. The van der Waals surface area contributed by atoms with Gasteiger partial charge >= 0.3 is 0 Å². The maximum atomic E-state index is 12.3. The van der Waals surface area contributed by atoms with Crippen LogP contribution in [0.5, 0.6) is 0 Å². The van der Waals surface area contributed by atoms with Crippen LogP contribution in [0, 0.1) is 19.8 Å². The molecular weight excluding hydrogens is 374 g/mol. The molecule has 0 aromatic carbocycles. The fourth-order valence-corrected chi connectivity index (χ4v) is 4.78. The Hall–Kier alpha value is -2.39. The largest absolute Gasteiger partial charge is 0.296 e. The van der Waals surface area contributed by atoms with E-state index in [9.17, 15) is 4.79 Å². The molecule has 2 fully saturated rings. The second-order valence-electron chi connectivity index (χ2n) is 7.92. The average Bonchev–Trinajstić information content (AvgIpc) is 3.28. The molecular formula is C19H23N7OS. The van der Waals surface area contributed by atoms with Crippen molar-refractivity contribution in [2.24, 2.45) is 5.92 Å². The van der Waals surface area contributed by atoms with E-state index in [1.54, 1.807) is 32.8 Å². The van der Waals surface area contributed by atoms with E-state index >= 15 is 0 Å². The maximum Gasteiger partial charge on any atom is 0.266 e. The van der Waals surface area contributed by atoms with Gasteiger partial charge in [0.15, 0.2) is 5.82 Å². The fourth-order valence-electron chi connectivity index (χ4n) is 3.73. The number of aromatic nitrogens is 6. The summed E-state index contributed by atoms with van der Waals surface area (Å²) in [6.45, 7) is 7.34. The van der Waals surface area contributed by atoms with E-state index < -0.39 is 0 Å². The molecule has 0 amide bonds. The van der Waals surface area contributed by atoms with E-state index in [1.165, 1.54) is 17.8 Å². The number of nitrogens with zero attached hydrogens (tertiary/aromatic N) is 7. The topological polar surface area (TPSA) is 81.7 Å². The standard InChI is InChI=1S/C19H23N7OS/c1-12-7-13(2)26(22-12)16-5-6-18(27)25(23-16)10-14-8-24(9-14)11-17-20-21-19(28-17)15-3-4-15/h5-7,14-15H,3-4,8-11H2,1-2H3. The lowest BCUT2D eigenvalue weighted by Crippen LogP contribution is -2.48. The summed E-state index contributed by atoms with van der Waals surface area (Å²) in [5.74, 6) is 1.78. The van der Waals surface area contributed by atoms with Crippen molar-refractivity contribution in [3.8, 4) is 5.82 Å². The first-order valence-corrected chi connectivity index (χ1v) is 10.5. The molecule has 0 N–H and O–H groups in total. The van der Waals surface area contributed by atoms with Gasteiger partial charge in [-0.15, -0.1) is 15.3 Å². The summed E-state index contributed by atoms with van der Waals surface area (Å²) < 4.78 is 3.36. The molecule has 0 bridgehead atoms. The lowest BCUT2D eigenvalue weighted by atomic mass is 10.0. The van der Waals surface area contributed by atoms with Crippen molar-refractivity contribution in [3.63, 3.8) is 0 Å². The summed E-state index contributed by atoms with van der Waals surface area (Å²) in [6, 6.07) is 5.32. The van der Waals surface area contributed by atoms with Gasteiger partial charge in [-0.2, -0.15) is 5.10 Å². The van der Waals surface area contributed by atoms with Crippen LogP contribution in [0.3, 0.4) is 0 Å². The Labute approximate surface area is 166 Å². The predicted molar refractivity (Wildman–Crippen MR) is 106 cm³/mol. The minimum absolute atomic E-state index is 0.0677. The van der Waals surface area contributed by atoms with Crippen LogP contribution in [-0.2, 0) is 13.1 Å². The van der Waals surface area contributed by atoms with Crippen molar-refractivity contribution in [3.05, 3.63) is 50.0 Å². The Kier molecular flexibility index (Phi) is 4.36. The quantitative estimate of drug-likeness (QED) is 0.632. The zero-order valence-electron chi connectivity index (χ0n) is 16.1. The third-order valence-corrected chi connectivity index (χ3v) is 6.38. The van der Waals surface area contributed by atoms with Crippen molar-refractivity contribution in [2.45, 2.75) is 45.7 Å². The Morgan fingerprint density at radius 3 is 2.68 bits per heavy atom. The van der Waals surface area contributed by atoms with Crippen LogP contribution < -0.4 is 5.56 Å². The molecule has 3 aromatic heterocycles. The van der Waals surface area contributed by atoms with Crippen LogP contribution in [0.1, 0.15) is 40.2 Å². The van der Waals surface area contributed by atoms with Crippen LogP contribution in [0.15, 0.2) is 23.0 Å². The lowest BCUT2D eigenvalue weighted by Gasteiger charge is -2.38. The van der Waals surface area contributed by atoms with Crippen molar-refractivity contribution in [1.82, 2.24) is 34.7 Å². The predicted octanol–water partition coefficient (Wildman–Crippen LogP) is 1.91. The van der Waals surface area contributed by atoms with Crippen LogP contribution in [-0.4, -0.2) is 47.7 Å². The van der Waals surface area contributed by atoms with Crippen molar-refractivity contribution >= 4 is 11.3 Å². The summed E-state index contributed by atoms with van der Waals surface area (Å²) in [7, 11) is 0. The van der Waals surface area contributed by atoms with E-state index in [0.29, 0.717) is 24.2 Å². The van der Waals surface area contributed by atoms with Gasteiger partial charge in [-0.1, -0.05) is 11.3 Å². The van der Waals surface area contributed by atoms with Gasteiger partial charge in [-0.25, -0.2) is 9.36 Å². The lowest BCUT2D eigenvalue weighted by molar-refractivity contribution is 0.0763. The molecule has 8 nitrogen and oxygen atoms in total. The summed E-state index contributed by atoms with van der Waals surface area (Å²) in [5, 5.41) is 19.9. The maximum absolute atomic E-state index is 12.3. The second kappa shape index (κ2) is 6.89. The molecule has 0 spiro atoms. The first-order valence-electron chi connectivity index (χ1n) is 9.71. The average molecular weight is 398 g/mol. The minimum Gasteiger partial charge on any atom is -0.296 e. The molecule has 5 rings (SSSR count). The Balaban J connectivity index is 1.21.